The number of anilines is 1. The maximum absolute atomic E-state index is 13.9. The molecule has 2 heterocycles. The van der Waals surface area contributed by atoms with Crippen LogP contribution < -0.4 is 20.9 Å². The Hall–Kier alpha value is -2.15. The van der Waals surface area contributed by atoms with Crippen molar-refractivity contribution in [2.24, 2.45) is 0 Å². The van der Waals surface area contributed by atoms with E-state index in [-0.39, 0.29) is 17.6 Å². The number of urea groups is 1. The van der Waals surface area contributed by atoms with Crippen molar-refractivity contribution in [1.82, 2.24) is 16.0 Å². The van der Waals surface area contributed by atoms with Crippen LogP contribution in [0.5, 0.6) is 0 Å². The van der Waals surface area contributed by atoms with Gasteiger partial charge in [-0.2, -0.15) is 0 Å². The van der Waals surface area contributed by atoms with Gasteiger partial charge in [0.25, 0.3) is 5.91 Å². The molecular formula is C14H17FN4O2. The van der Waals surface area contributed by atoms with Crippen molar-refractivity contribution in [2.45, 2.75) is 12.5 Å². The van der Waals surface area contributed by atoms with Crippen molar-refractivity contribution in [3.05, 3.63) is 29.6 Å². The van der Waals surface area contributed by atoms with Crippen molar-refractivity contribution in [3.8, 4) is 0 Å². The smallest absolute Gasteiger partial charge is 0.321 e. The van der Waals surface area contributed by atoms with Crippen LogP contribution in [-0.4, -0.2) is 44.2 Å². The van der Waals surface area contributed by atoms with Crippen molar-refractivity contribution < 1.29 is 14.0 Å². The Bertz CT molecular complexity index is 572. The van der Waals surface area contributed by atoms with Crippen LogP contribution in [0.25, 0.3) is 0 Å². The molecule has 3 amide bonds. The summed E-state index contributed by atoms with van der Waals surface area (Å²) in [4.78, 5) is 25.3. The Balaban J connectivity index is 1.80. The highest BCUT2D eigenvalue weighted by atomic mass is 19.1. The fourth-order valence-electron chi connectivity index (χ4n) is 2.61. The molecule has 2 aliphatic heterocycles. The van der Waals surface area contributed by atoms with Gasteiger partial charge in [0.2, 0.25) is 0 Å². The fourth-order valence-corrected chi connectivity index (χ4v) is 2.61. The number of hydrogen-bond donors (Lipinski definition) is 3. The number of halogens is 1. The van der Waals surface area contributed by atoms with Gasteiger partial charge in [-0.3, -0.25) is 9.69 Å². The van der Waals surface area contributed by atoms with E-state index < -0.39 is 11.7 Å². The molecule has 0 saturated carbocycles. The van der Waals surface area contributed by atoms with Gasteiger partial charge in [-0.15, -0.1) is 0 Å². The molecule has 1 aromatic rings. The Morgan fingerprint density at radius 1 is 1.38 bits per heavy atom. The maximum Gasteiger partial charge on any atom is 0.321 e. The van der Waals surface area contributed by atoms with Crippen molar-refractivity contribution in [2.75, 3.05) is 31.1 Å². The third-order valence-electron chi connectivity index (χ3n) is 3.76. The van der Waals surface area contributed by atoms with E-state index in [0.29, 0.717) is 25.3 Å². The molecule has 0 spiro atoms. The van der Waals surface area contributed by atoms with Gasteiger partial charge in [0.15, 0.2) is 0 Å². The zero-order valence-corrected chi connectivity index (χ0v) is 11.5. The van der Waals surface area contributed by atoms with Gasteiger partial charge in [-0.05, 0) is 31.2 Å². The molecule has 6 nitrogen and oxygen atoms in total. The van der Waals surface area contributed by atoms with E-state index in [1.165, 1.54) is 23.1 Å². The van der Waals surface area contributed by atoms with Gasteiger partial charge in [-0.25, -0.2) is 9.18 Å². The minimum atomic E-state index is -0.582. The van der Waals surface area contributed by atoms with E-state index in [1.807, 2.05) is 0 Å². The number of benzene rings is 1. The molecule has 0 aliphatic carbocycles. The quantitative estimate of drug-likeness (QED) is 0.757. The van der Waals surface area contributed by atoms with Gasteiger partial charge in [0, 0.05) is 31.4 Å². The number of rotatable bonds is 3. The van der Waals surface area contributed by atoms with E-state index >= 15 is 0 Å². The van der Waals surface area contributed by atoms with Crippen molar-refractivity contribution >= 4 is 17.6 Å². The molecule has 2 fully saturated rings. The van der Waals surface area contributed by atoms with Gasteiger partial charge >= 0.3 is 6.03 Å². The first-order chi connectivity index (χ1) is 10.1. The van der Waals surface area contributed by atoms with E-state index in [1.54, 1.807) is 0 Å². The summed E-state index contributed by atoms with van der Waals surface area (Å²) < 4.78 is 13.9. The van der Waals surface area contributed by atoms with Gasteiger partial charge in [0.05, 0.1) is 5.56 Å². The zero-order chi connectivity index (χ0) is 14.8. The molecule has 7 heteroatoms. The van der Waals surface area contributed by atoms with Crippen molar-refractivity contribution in [1.29, 1.82) is 0 Å². The van der Waals surface area contributed by atoms with Crippen LogP contribution in [0.3, 0.4) is 0 Å². The highest BCUT2D eigenvalue weighted by molar-refractivity contribution is 5.98. The first-order valence-electron chi connectivity index (χ1n) is 7.01. The lowest BCUT2D eigenvalue weighted by Crippen LogP contribution is -2.36. The topological polar surface area (TPSA) is 73.5 Å². The number of nitrogens with zero attached hydrogens (tertiary/aromatic N) is 1. The predicted octanol–water partition coefficient (Wildman–Crippen LogP) is 0.447. The van der Waals surface area contributed by atoms with Crippen molar-refractivity contribution in [3.63, 3.8) is 0 Å². The Morgan fingerprint density at radius 2 is 2.24 bits per heavy atom. The second-order valence-electron chi connectivity index (χ2n) is 5.21. The summed E-state index contributed by atoms with van der Waals surface area (Å²) in [7, 11) is 0. The van der Waals surface area contributed by atoms with Crippen LogP contribution in [0.4, 0.5) is 14.9 Å². The average Bonchev–Trinajstić information content (AvgIpc) is 3.11. The summed E-state index contributed by atoms with van der Waals surface area (Å²) in [5.41, 5.74) is 0.500. The highest BCUT2D eigenvalue weighted by Crippen LogP contribution is 2.20. The summed E-state index contributed by atoms with van der Waals surface area (Å²) in [6.45, 7) is 2.60. The first-order valence-corrected chi connectivity index (χ1v) is 7.01. The number of hydrogen-bond acceptors (Lipinski definition) is 3. The summed E-state index contributed by atoms with van der Waals surface area (Å²) in [5, 5.41) is 8.62. The lowest BCUT2D eigenvalue weighted by atomic mass is 10.1. The SMILES string of the molecule is O=C(NC1CCNC1)c1cc(N2CCNC2=O)ccc1F. The molecule has 0 radical (unpaired) electrons. The molecule has 2 aliphatic rings. The minimum absolute atomic E-state index is 0.0237. The number of amides is 3. The molecule has 2 saturated heterocycles. The molecule has 1 aromatic carbocycles. The highest BCUT2D eigenvalue weighted by Gasteiger charge is 2.24. The van der Waals surface area contributed by atoms with Crippen LogP contribution in [0.15, 0.2) is 18.2 Å². The lowest BCUT2D eigenvalue weighted by molar-refractivity contribution is 0.0936. The van der Waals surface area contributed by atoms with E-state index in [4.69, 9.17) is 0 Å². The largest absolute Gasteiger partial charge is 0.348 e. The van der Waals surface area contributed by atoms with Gasteiger partial charge < -0.3 is 16.0 Å². The Morgan fingerprint density at radius 3 is 2.90 bits per heavy atom. The molecular weight excluding hydrogens is 275 g/mol. The zero-order valence-electron chi connectivity index (χ0n) is 11.5. The van der Waals surface area contributed by atoms with Crippen LogP contribution in [0.1, 0.15) is 16.8 Å². The summed E-state index contributed by atoms with van der Waals surface area (Å²) in [6, 6.07) is 3.96. The predicted molar refractivity (Wildman–Crippen MR) is 75.9 cm³/mol. The molecule has 3 N–H and O–H groups in total. The number of nitrogens with one attached hydrogen (secondary N) is 3. The Kier molecular flexibility index (Phi) is 3.74. The van der Waals surface area contributed by atoms with E-state index in [0.717, 1.165) is 13.0 Å². The summed E-state index contributed by atoms with van der Waals surface area (Å²) >= 11 is 0. The van der Waals surface area contributed by atoms with Crippen LogP contribution in [-0.2, 0) is 0 Å². The van der Waals surface area contributed by atoms with E-state index in [2.05, 4.69) is 16.0 Å². The third kappa shape index (κ3) is 2.82. The number of carbonyl (C=O) groups is 2. The minimum Gasteiger partial charge on any atom is -0.348 e. The molecule has 21 heavy (non-hydrogen) atoms. The van der Waals surface area contributed by atoms with Crippen LogP contribution in [0, 0.1) is 5.82 Å². The molecule has 112 valence electrons. The Labute approximate surface area is 121 Å². The second-order valence-corrected chi connectivity index (χ2v) is 5.21. The molecule has 0 aromatic heterocycles. The lowest BCUT2D eigenvalue weighted by Gasteiger charge is -2.16. The fraction of sp³-hybridized carbons (Fsp3) is 0.429. The maximum atomic E-state index is 13.9. The standard InChI is InChI=1S/C14H17FN4O2/c15-12-2-1-10(19-6-5-17-14(19)21)7-11(12)13(20)18-9-3-4-16-8-9/h1-2,7,9,16H,3-6,8H2,(H,17,21)(H,18,20). The summed E-state index contributed by atoms with van der Waals surface area (Å²) in [5.74, 6) is -1.02. The first kappa shape index (κ1) is 13.8. The van der Waals surface area contributed by atoms with Gasteiger partial charge in [0.1, 0.15) is 5.82 Å². The van der Waals surface area contributed by atoms with Crippen LogP contribution in [0.2, 0.25) is 0 Å². The van der Waals surface area contributed by atoms with E-state index in [9.17, 15) is 14.0 Å². The molecule has 0 bridgehead atoms. The monoisotopic (exact) mass is 292 g/mol. The number of carbonyl (C=O) groups excluding carboxylic acids is 2. The van der Waals surface area contributed by atoms with Crippen LogP contribution >= 0.6 is 0 Å². The third-order valence-corrected chi connectivity index (χ3v) is 3.76. The van der Waals surface area contributed by atoms with Gasteiger partial charge in [-0.1, -0.05) is 0 Å². The normalized spacial score (nSPS) is 21.5. The molecule has 1 unspecified atom stereocenters. The average molecular weight is 292 g/mol. The second kappa shape index (κ2) is 5.69. The summed E-state index contributed by atoms with van der Waals surface area (Å²) in [6.07, 6.45) is 0.835. The molecule has 3 rings (SSSR count). The molecule has 1 atom stereocenters.